The fraction of sp³-hybridized carbons (Fsp3) is 0.481. The first kappa shape index (κ1) is 25.0. The van der Waals surface area contributed by atoms with Gasteiger partial charge in [0.05, 0.1) is 36.6 Å². The number of rotatable bonds is 8. The minimum atomic E-state index is -1.22. The molecule has 0 spiro atoms. The van der Waals surface area contributed by atoms with E-state index in [1.807, 2.05) is 51.1 Å². The van der Waals surface area contributed by atoms with Gasteiger partial charge in [-0.1, -0.05) is 30.3 Å². The summed E-state index contributed by atoms with van der Waals surface area (Å²) in [5.74, 6) is 0.358. The predicted molar refractivity (Wildman–Crippen MR) is 132 cm³/mol. The first-order valence-corrected chi connectivity index (χ1v) is 12.2. The number of anilines is 1. The summed E-state index contributed by atoms with van der Waals surface area (Å²) in [6, 6.07) is 12.3. The van der Waals surface area contributed by atoms with Crippen molar-refractivity contribution in [3.63, 3.8) is 0 Å². The SMILES string of the molecule is Cc1cc2c(cc1OCCCOC(C)C)N(C(=O)OCc1ccccc1)C(O)[C@@H]1CCCN1C2=O. The lowest BCUT2D eigenvalue weighted by atomic mass is 10.1. The van der Waals surface area contributed by atoms with Crippen LogP contribution < -0.4 is 9.64 Å². The summed E-state index contributed by atoms with van der Waals surface area (Å²) < 4.78 is 17.1. The van der Waals surface area contributed by atoms with Crippen molar-refractivity contribution in [2.45, 2.75) is 65.0 Å². The van der Waals surface area contributed by atoms with E-state index in [2.05, 4.69) is 0 Å². The van der Waals surface area contributed by atoms with E-state index < -0.39 is 18.4 Å². The van der Waals surface area contributed by atoms with E-state index in [0.717, 1.165) is 17.5 Å². The fourth-order valence-electron chi connectivity index (χ4n) is 4.58. The first-order chi connectivity index (χ1) is 16.9. The smallest absolute Gasteiger partial charge is 0.416 e. The number of carbonyl (C=O) groups excluding carboxylic acids is 2. The van der Waals surface area contributed by atoms with Gasteiger partial charge in [-0.3, -0.25) is 4.79 Å². The summed E-state index contributed by atoms with van der Waals surface area (Å²) in [5, 5.41) is 11.3. The van der Waals surface area contributed by atoms with Crippen LogP contribution in [0.3, 0.4) is 0 Å². The van der Waals surface area contributed by atoms with Crippen molar-refractivity contribution in [3.05, 3.63) is 59.2 Å². The summed E-state index contributed by atoms with van der Waals surface area (Å²) in [7, 11) is 0. The molecule has 1 saturated heterocycles. The number of fused-ring (bicyclic) bond motifs is 2. The molecule has 4 rings (SSSR count). The zero-order chi connectivity index (χ0) is 24.9. The van der Waals surface area contributed by atoms with E-state index in [1.165, 1.54) is 4.90 Å². The molecule has 8 nitrogen and oxygen atoms in total. The number of ether oxygens (including phenoxy) is 3. The average Bonchev–Trinajstić information content (AvgIpc) is 3.31. The van der Waals surface area contributed by atoms with Gasteiger partial charge < -0.3 is 24.2 Å². The van der Waals surface area contributed by atoms with Crippen LogP contribution in [0.15, 0.2) is 42.5 Å². The molecule has 1 unspecified atom stereocenters. The van der Waals surface area contributed by atoms with Crippen LogP contribution in [0.4, 0.5) is 10.5 Å². The molecule has 35 heavy (non-hydrogen) atoms. The highest BCUT2D eigenvalue weighted by molar-refractivity contribution is 6.05. The second-order valence-electron chi connectivity index (χ2n) is 9.29. The van der Waals surface area contributed by atoms with Crippen LogP contribution in [0, 0.1) is 6.92 Å². The van der Waals surface area contributed by atoms with Crippen LogP contribution in [-0.2, 0) is 16.1 Å². The van der Waals surface area contributed by atoms with Gasteiger partial charge in [-0.05, 0) is 50.8 Å². The maximum atomic E-state index is 13.4. The highest BCUT2D eigenvalue weighted by Crippen LogP contribution is 2.38. The van der Waals surface area contributed by atoms with E-state index in [9.17, 15) is 14.7 Å². The molecule has 0 radical (unpaired) electrons. The van der Waals surface area contributed by atoms with Gasteiger partial charge in [0.2, 0.25) is 0 Å². The van der Waals surface area contributed by atoms with Crippen molar-refractivity contribution < 1.29 is 28.9 Å². The Hall–Kier alpha value is -3.10. The van der Waals surface area contributed by atoms with E-state index in [-0.39, 0.29) is 18.6 Å². The number of carbonyl (C=O) groups is 2. The Morgan fingerprint density at radius 2 is 1.94 bits per heavy atom. The Balaban J connectivity index is 1.61. The Kier molecular flexibility index (Phi) is 7.93. The lowest BCUT2D eigenvalue weighted by Crippen LogP contribution is -2.50. The van der Waals surface area contributed by atoms with E-state index in [0.29, 0.717) is 49.6 Å². The Bertz CT molecular complexity index is 1040. The van der Waals surface area contributed by atoms with E-state index in [1.54, 1.807) is 17.0 Å². The molecule has 0 aliphatic carbocycles. The standard InChI is InChI=1S/C27H34N2O6/c1-18(2)33-13-8-14-34-24-16-23-21(15-19(24)3)25(30)28-12-7-11-22(28)26(31)29(23)27(32)35-17-20-9-5-4-6-10-20/h4-6,9-10,15-16,18,22,26,31H,7-8,11-14,17H2,1-3H3/t22-,26?/m0/s1. The molecule has 1 N–H and O–H groups in total. The first-order valence-electron chi connectivity index (χ1n) is 12.2. The summed E-state index contributed by atoms with van der Waals surface area (Å²) in [5.41, 5.74) is 2.28. The number of aliphatic hydroxyl groups excluding tert-OH is 1. The van der Waals surface area contributed by atoms with Crippen LogP contribution in [0.1, 0.15) is 54.6 Å². The van der Waals surface area contributed by atoms with Crippen molar-refractivity contribution in [2.24, 2.45) is 0 Å². The summed E-state index contributed by atoms with van der Waals surface area (Å²) >= 11 is 0. The van der Waals surface area contributed by atoms with Crippen molar-refractivity contribution in [1.82, 2.24) is 4.90 Å². The third-order valence-corrected chi connectivity index (χ3v) is 6.35. The maximum absolute atomic E-state index is 13.4. The number of hydrogen-bond donors (Lipinski definition) is 1. The van der Waals surface area contributed by atoms with Crippen LogP contribution in [-0.4, -0.2) is 60.1 Å². The molecule has 2 aromatic carbocycles. The molecule has 2 aliphatic heterocycles. The van der Waals surface area contributed by atoms with Gasteiger partial charge in [0, 0.05) is 19.0 Å². The number of aryl methyl sites for hydroxylation is 1. The van der Waals surface area contributed by atoms with E-state index >= 15 is 0 Å². The van der Waals surface area contributed by atoms with Gasteiger partial charge in [-0.25, -0.2) is 9.69 Å². The second kappa shape index (κ2) is 11.1. The molecule has 0 saturated carbocycles. The molecule has 2 aromatic rings. The Morgan fingerprint density at radius 3 is 2.69 bits per heavy atom. The minimum absolute atomic E-state index is 0.0611. The molecular formula is C27H34N2O6. The normalized spacial score (nSPS) is 19.4. The number of aliphatic hydroxyl groups is 1. The van der Waals surface area contributed by atoms with Crippen LogP contribution in [0.25, 0.3) is 0 Å². The minimum Gasteiger partial charge on any atom is -0.493 e. The van der Waals surface area contributed by atoms with Crippen molar-refractivity contribution in [3.8, 4) is 5.75 Å². The van der Waals surface area contributed by atoms with Gasteiger partial charge in [0.1, 0.15) is 12.4 Å². The molecule has 8 heteroatoms. The topological polar surface area (TPSA) is 88.5 Å². The molecule has 2 aliphatic rings. The zero-order valence-corrected chi connectivity index (χ0v) is 20.6. The Morgan fingerprint density at radius 1 is 1.17 bits per heavy atom. The van der Waals surface area contributed by atoms with Crippen molar-refractivity contribution >= 4 is 17.7 Å². The second-order valence-corrected chi connectivity index (χ2v) is 9.29. The van der Waals surface area contributed by atoms with Gasteiger partial charge in [0.25, 0.3) is 5.91 Å². The maximum Gasteiger partial charge on any atom is 0.416 e. The van der Waals surface area contributed by atoms with Gasteiger partial charge in [-0.15, -0.1) is 0 Å². The molecule has 0 aromatic heterocycles. The van der Waals surface area contributed by atoms with Gasteiger partial charge in [-0.2, -0.15) is 0 Å². The zero-order valence-electron chi connectivity index (χ0n) is 20.6. The largest absolute Gasteiger partial charge is 0.493 e. The summed E-state index contributed by atoms with van der Waals surface area (Å²) in [4.78, 5) is 29.6. The highest BCUT2D eigenvalue weighted by Gasteiger charge is 2.45. The lowest BCUT2D eigenvalue weighted by Gasteiger charge is -2.31. The van der Waals surface area contributed by atoms with Crippen molar-refractivity contribution in [1.29, 1.82) is 0 Å². The summed E-state index contributed by atoms with van der Waals surface area (Å²) in [6.45, 7) is 7.44. The number of hydrogen-bond acceptors (Lipinski definition) is 6. The van der Waals surface area contributed by atoms with Gasteiger partial charge in [0.15, 0.2) is 6.23 Å². The van der Waals surface area contributed by atoms with E-state index in [4.69, 9.17) is 14.2 Å². The summed E-state index contributed by atoms with van der Waals surface area (Å²) in [6.07, 6.45) is 0.317. The molecule has 1 fully saturated rings. The van der Waals surface area contributed by atoms with Crippen molar-refractivity contribution in [2.75, 3.05) is 24.7 Å². The average molecular weight is 483 g/mol. The van der Waals surface area contributed by atoms with Crippen LogP contribution >= 0.6 is 0 Å². The predicted octanol–water partition coefficient (Wildman–Crippen LogP) is 4.27. The highest BCUT2D eigenvalue weighted by atomic mass is 16.6. The Labute approximate surface area is 206 Å². The molecule has 2 atom stereocenters. The molecule has 2 amide bonds. The number of nitrogens with zero attached hydrogens (tertiary/aromatic N) is 2. The third-order valence-electron chi connectivity index (χ3n) is 6.35. The third kappa shape index (κ3) is 5.60. The number of benzene rings is 2. The molecule has 2 heterocycles. The monoisotopic (exact) mass is 482 g/mol. The fourth-order valence-corrected chi connectivity index (χ4v) is 4.58. The number of amides is 2. The van der Waals surface area contributed by atoms with Crippen LogP contribution in [0.2, 0.25) is 0 Å². The molecular weight excluding hydrogens is 448 g/mol. The van der Waals surface area contributed by atoms with Crippen LogP contribution in [0.5, 0.6) is 5.75 Å². The lowest BCUT2D eigenvalue weighted by molar-refractivity contribution is 0.0485. The molecule has 188 valence electrons. The van der Waals surface area contributed by atoms with Gasteiger partial charge >= 0.3 is 6.09 Å². The molecule has 0 bridgehead atoms. The quantitative estimate of drug-likeness (QED) is 0.566.